The highest BCUT2D eigenvalue weighted by Crippen LogP contribution is 2.30. The van der Waals surface area contributed by atoms with Crippen molar-refractivity contribution in [1.29, 1.82) is 0 Å². The van der Waals surface area contributed by atoms with E-state index in [1.807, 2.05) is 0 Å². The Morgan fingerprint density at radius 2 is 2.00 bits per heavy atom. The van der Waals surface area contributed by atoms with E-state index in [9.17, 15) is 9.59 Å². The summed E-state index contributed by atoms with van der Waals surface area (Å²) < 4.78 is 0. The summed E-state index contributed by atoms with van der Waals surface area (Å²) in [5.41, 5.74) is 6.07. The molecule has 3 unspecified atom stereocenters. The maximum absolute atomic E-state index is 12.6. The van der Waals surface area contributed by atoms with Gasteiger partial charge in [0.1, 0.15) is 0 Å². The van der Waals surface area contributed by atoms with E-state index < -0.39 is 0 Å². The number of carbonyl (C=O) groups excluding carboxylic acids is 2. The largest absolute Gasteiger partial charge is 0.344 e. The Morgan fingerprint density at radius 1 is 1.26 bits per heavy atom. The minimum atomic E-state index is -0.0000406. The van der Waals surface area contributed by atoms with E-state index in [0.717, 1.165) is 32.2 Å². The lowest BCUT2D eigenvalue weighted by molar-refractivity contribution is -0.143. The van der Waals surface area contributed by atoms with Crippen molar-refractivity contribution >= 4 is 11.8 Å². The van der Waals surface area contributed by atoms with Crippen LogP contribution in [-0.2, 0) is 9.59 Å². The Kier molecular flexibility index (Phi) is 4.45. The van der Waals surface area contributed by atoms with Gasteiger partial charge in [0.05, 0.1) is 6.54 Å². The lowest BCUT2D eigenvalue weighted by Crippen LogP contribution is -2.47. The molecule has 0 bridgehead atoms. The molecule has 5 heteroatoms. The average Bonchev–Trinajstić information content (AvgIpc) is 2.55. The zero-order chi connectivity index (χ0) is 14.0. The van der Waals surface area contributed by atoms with Gasteiger partial charge in [-0.3, -0.25) is 9.59 Å². The number of amides is 2. The van der Waals surface area contributed by atoms with Crippen molar-refractivity contribution in [2.45, 2.75) is 38.6 Å². The Bertz CT molecular complexity index is 359. The molecule has 1 saturated heterocycles. The lowest BCUT2D eigenvalue weighted by atomic mass is 9.76. The van der Waals surface area contributed by atoms with Crippen LogP contribution >= 0.6 is 0 Å². The summed E-state index contributed by atoms with van der Waals surface area (Å²) in [7, 11) is 1.80. The van der Waals surface area contributed by atoms with E-state index in [1.165, 1.54) is 0 Å². The van der Waals surface area contributed by atoms with Crippen molar-refractivity contribution in [2.24, 2.45) is 17.6 Å². The maximum Gasteiger partial charge on any atom is 0.241 e. The van der Waals surface area contributed by atoms with Gasteiger partial charge in [-0.2, -0.15) is 0 Å². The molecule has 2 aliphatic rings. The molecule has 1 aliphatic carbocycles. The number of nitrogens with zero attached hydrogens (tertiary/aromatic N) is 2. The van der Waals surface area contributed by atoms with E-state index in [1.54, 1.807) is 16.8 Å². The van der Waals surface area contributed by atoms with Gasteiger partial charge in [-0.05, 0) is 25.2 Å². The smallest absolute Gasteiger partial charge is 0.241 e. The standard InChI is InChI=1S/C14H25N3O2/c1-10-11(5-3-6-12(10)15)14(19)17-8-4-7-16(2)13(18)9-17/h10-12H,3-9,15H2,1-2H3. The quantitative estimate of drug-likeness (QED) is 0.749. The van der Waals surface area contributed by atoms with Crippen LogP contribution in [-0.4, -0.2) is 54.3 Å². The second-order valence-corrected chi connectivity index (χ2v) is 5.99. The first-order chi connectivity index (χ1) is 9.00. The molecule has 19 heavy (non-hydrogen) atoms. The van der Waals surface area contributed by atoms with E-state index in [-0.39, 0.29) is 36.2 Å². The number of carbonyl (C=O) groups is 2. The van der Waals surface area contributed by atoms with Crippen LogP contribution in [0.15, 0.2) is 0 Å². The van der Waals surface area contributed by atoms with Crippen LogP contribution in [0.1, 0.15) is 32.6 Å². The monoisotopic (exact) mass is 267 g/mol. The summed E-state index contributed by atoms with van der Waals surface area (Å²) >= 11 is 0. The molecule has 0 spiro atoms. The van der Waals surface area contributed by atoms with Crippen molar-refractivity contribution in [3.05, 3.63) is 0 Å². The van der Waals surface area contributed by atoms with Crippen molar-refractivity contribution in [3.8, 4) is 0 Å². The van der Waals surface area contributed by atoms with Crippen molar-refractivity contribution < 1.29 is 9.59 Å². The van der Waals surface area contributed by atoms with Gasteiger partial charge >= 0.3 is 0 Å². The molecule has 2 amide bonds. The number of hydrogen-bond acceptors (Lipinski definition) is 3. The minimum Gasteiger partial charge on any atom is -0.344 e. The van der Waals surface area contributed by atoms with Crippen LogP contribution in [0.3, 0.4) is 0 Å². The van der Waals surface area contributed by atoms with Crippen LogP contribution < -0.4 is 5.73 Å². The molecule has 5 nitrogen and oxygen atoms in total. The first kappa shape index (κ1) is 14.3. The van der Waals surface area contributed by atoms with Gasteiger partial charge < -0.3 is 15.5 Å². The van der Waals surface area contributed by atoms with Gasteiger partial charge in [-0.1, -0.05) is 13.3 Å². The molecule has 0 aromatic heterocycles. The first-order valence-corrected chi connectivity index (χ1v) is 7.29. The van der Waals surface area contributed by atoms with Crippen LogP contribution in [0, 0.1) is 11.8 Å². The topological polar surface area (TPSA) is 66.6 Å². The predicted molar refractivity (Wildman–Crippen MR) is 73.3 cm³/mol. The Balaban J connectivity index is 2.04. The number of nitrogens with two attached hydrogens (primary N) is 1. The molecular formula is C14H25N3O2. The predicted octanol–water partition coefficient (Wildman–Crippen LogP) is 0.441. The molecule has 0 aromatic carbocycles. The maximum atomic E-state index is 12.6. The normalized spacial score (nSPS) is 33.2. The summed E-state index contributed by atoms with van der Waals surface area (Å²) in [5, 5.41) is 0. The van der Waals surface area contributed by atoms with Crippen molar-refractivity contribution in [3.63, 3.8) is 0 Å². The van der Waals surface area contributed by atoms with E-state index in [4.69, 9.17) is 5.73 Å². The molecule has 108 valence electrons. The fourth-order valence-electron chi connectivity index (χ4n) is 3.16. The fraction of sp³-hybridized carbons (Fsp3) is 0.857. The second-order valence-electron chi connectivity index (χ2n) is 5.99. The molecule has 0 radical (unpaired) electrons. The highest BCUT2D eigenvalue weighted by atomic mass is 16.2. The molecular weight excluding hydrogens is 242 g/mol. The van der Waals surface area contributed by atoms with E-state index in [0.29, 0.717) is 6.54 Å². The molecule has 2 fully saturated rings. The van der Waals surface area contributed by atoms with Gasteiger partial charge in [-0.25, -0.2) is 0 Å². The Labute approximate surface area is 115 Å². The summed E-state index contributed by atoms with van der Waals surface area (Å²) in [6, 6.07) is 0.119. The molecule has 0 aromatic rings. The average molecular weight is 267 g/mol. The summed E-state index contributed by atoms with van der Waals surface area (Å²) in [6.45, 7) is 3.72. The number of hydrogen-bond donors (Lipinski definition) is 1. The Morgan fingerprint density at radius 3 is 2.74 bits per heavy atom. The highest BCUT2D eigenvalue weighted by molar-refractivity contribution is 5.86. The third kappa shape index (κ3) is 3.08. The second kappa shape index (κ2) is 5.90. The molecule has 1 aliphatic heterocycles. The van der Waals surface area contributed by atoms with Gasteiger partial charge in [0.25, 0.3) is 0 Å². The first-order valence-electron chi connectivity index (χ1n) is 7.29. The van der Waals surface area contributed by atoms with Gasteiger partial charge in [0, 0.05) is 32.1 Å². The van der Waals surface area contributed by atoms with E-state index in [2.05, 4.69) is 6.92 Å². The fourth-order valence-corrected chi connectivity index (χ4v) is 3.16. The van der Waals surface area contributed by atoms with E-state index >= 15 is 0 Å². The molecule has 1 heterocycles. The van der Waals surface area contributed by atoms with Crippen molar-refractivity contribution in [2.75, 3.05) is 26.7 Å². The van der Waals surface area contributed by atoms with Crippen LogP contribution in [0.4, 0.5) is 0 Å². The van der Waals surface area contributed by atoms with Gasteiger partial charge in [0.15, 0.2) is 0 Å². The molecule has 2 N–H and O–H groups in total. The molecule has 3 atom stereocenters. The van der Waals surface area contributed by atoms with Crippen LogP contribution in [0.2, 0.25) is 0 Å². The molecule has 2 rings (SSSR count). The third-order valence-electron chi connectivity index (χ3n) is 4.66. The highest BCUT2D eigenvalue weighted by Gasteiger charge is 2.36. The van der Waals surface area contributed by atoms with Gasteiger partial charge in [-0.15, -0.1) is 0 Å². The Hall–Kier alpha value is -1.10. The van der Waals surface area contributed by atoms with Crippen molar-refractivity contribution in [1.82, 2.24) is 9.80 Å². The lowest BCUT2D eigenvalue weighted by Gasteiger charge is -2.35. The summed E-state index contributed by atoms with van der Waals surface area (Å²) in [6.07, 6.45) is 3.80. The number of rotatable bonds is 1. The minimum absolute atomic E-state index is 0.0000406. The zero-order valence-electron chi connectivity index (χ0n) is 12.0. The third-order valence-corrected chi connectivity index (χ3v) is 4.66. The SMILES string of the molecule is CC1C(N)CCCC1C(=O)N1CCCN(C)C(=O)C1. The molecule has 1 saturated carbocycles. The summed E-state index contributed by atoms with van der Waals surface area (Å²) in [4.78, 5) is 27.9. The van der Waals surface area contributed by atoms with Gasteiger partial charge in [0.2, 0.25) is 11.8 Å². The van der Waals surface area contributed by atoms with Crippen LogP contribution in [0.25, 0.3) is 0 Å². The summed E-state index contributed by atoms with van der Waals surface area (Å²) in [5.74, 6) is 0.391. The number of likely N-dealkylation sites (N-methyl/N-ethyl adjacent to an activating group) is 1. The zero-order valence-corrected chi connectivity index (χ0v) is 12.0. The van der Waals surface area contributed by atoms with Crippen LogP contribution in [0.5, 0.6) is 0 Å².